The summed E-state index contributed by atoms with van der Waals surface area (Å²) in [5.41, 5.74) is 7.49. The first kappa shape index (κ1) is 12.6. The van der Waals surface area contributed by atoms with Crippen LogP contribution >= 0.6 is 0 Å². The summed E-state index contributed by atoms with van der Waals surface area (Å²) in [4.78, 5) is 3.99. The van der Waals surface area contributed by atoms with Crippen LogP contribution in [-0.2, 0) is 6.42 Å². The van der Waals surface area contributed by atoms with Crippen LogP contribution in [0, 0.1) is 11.6 Å². The Labute approximate surface area is 104 Å². The largest absolute Gasteiger partial charge is 0.320 e. The summed E-state index contributed by atoms with van der Waals surface area (Å²) in [7, 11) is 0. The van der Waals surface area contributed by atoms with Crippen molar-refractivity contribution in [2.45, 2.75) is 19.4 Å². The standard InChI is InChI=1S/C14H14F2N2/c1-2-9-8-18-7-6-10(9)14(17)13-11(15)4-3-5-12(13)16/h3-8,14H,2,17H2,1H3. The lowest BCUT2D eigenvalue weighted by Crippen LogP contribution is -2.17. The number of rotatable bonds is 3. The van der Waals surface area contributed by atoms with Crippen LogP contribution in [0.2, 0.25) is 0 Å². The van der Waals surface area contributed by atoms with Crippen molar-refractivity contribution in [1.29, 1.82) is 0 Å². The van der Waals surface area contributed by atoms with E-state index in [0.29, 0.717) is 12.0 Å². The van der Waals surface area contributed by atoms with Crippen LogP contribution < -0.4 is 5.73 Å². The highest BCUT2D eigenvalue weighted by Crippen LogP contribution is 2.26. The quantitative estimate of drug-likeness (QED) is 0.907. The van der Waals surface area contributed by atoms with Crippen LogP contribution in [0.1, 0.15) is 29.7 Å². The van der Waals surface area contributed by atoms with Crippen molar-refractivity contribution in [1.82, 2.24) is 4.98 Å². The molecule has 0 fully saturated rings. The number of aromatic nitrogens is 1. The van der Waals surface area contributed by atoms with Crippen molar-refractivity contribution in [3.05, 3.63) is 65.0 Å². The molecule has 1 aromatic heterocycles. The van der Waals surface area contributed by atoms with Gasteiger partial charge in [0.15, 0.2) is 0 Å². The average Bonchev–Trinajstić information content (AvgIpc) is 2.38. The van der Waals surface area contributed by atoms with E-state index in [1.807, 2.05) is 6.92 Å². The Morgan fingerprint density at radius 1 is 1.22 bits per heavy atom. The lowest BCUT2D eigenvalue weighted by Gasteiger charge is -2.17. The zero-order chi connectivity index (χ0) is 13.1. The number of aryl methyl sites for hydroxylation is 1. The van der Waals surface area contributed by atoms with Gasteiger partial charge in [0.05, 0.1) is 6.04 Å². The molecular formula is C14H14F2N2. The lowest BCUT2D eigenvalue weighted by atomic mass is 9.95. The molecule has 4 heteroatoms. The van der Waals surface area contributed by atoms with E-state index in [9.17, 15) is 8.78 Å². The van der Waals surface area contributed by atoms with Crippen molar-refractivity contribution >= 4 is 0 Å². The molecule has 1 heterocycles. The first-order valence-corrected chi connectivity index (χ1v) is 5.77. The summed E-state index contributed by atoms with van der Waals surface area (Å²) >= 11 is 0. The number of hydrogen-bond donors (Lipinski definition) is 1. The van der Waals surface area contributed by atoms with Crippen molar-refractivity contribution in [2.75, 3.05) is 0 Å². The van der Waals surface area contributed by atoms with Gasteiger partial charge in [-0.25, -0.2) is 8.78 Å². The van der Waals surface area contributed by atoms with E-state index < -0.39 is 17.7 Å². The lowest BCUT2D eigenvalue weighted by molar-refractivity contribution is 0.542. The Bertz CT molecular complexity index is 535. The molecule has 0 saturated heterocycles. The maximum absolute atomic E-state index is 13.7. The molecule has 1 unspecified atom stereocenters. The molecular weight excluding hydrogens is 234 g/mol. The van der Waals surface area contributed by atoms with Crippen LogP contribution in [0.3, 0.4) is 0 Å². The molecule has 2 aromatic rings. The van der Waals surface area contributed by atoms with Crippen molar-refractivity contribution in [3.8, 4) is 0 Å². The van der Waals surface area contributed by atoms with Crippen LogP contribution in [0.25, 0.3) is 0 Å². The highest BCUT2D eigenvalue weighted by atomic mass is 19.1. The molecule has 2 rings (SSSR count). The maximum Gasteiger partial charge on any atom is 0.131 e. The van der Waals surface area contributed by atoms with E-state index in [2.05, 4.69) is 4.98 Å². The summed E-state index contributed by atoms with van der Waals surface area (Å²) in [6.07, 6.45) is 3.97. The number of benzene rings is 1. The van der Waals surface area contributed by atoms with Gasteiger partial charge in [0.2, 0.25) is 0 Å². The highest BCUT2D eigenvalue weighted by molar-refractivity contribution is 5.36. The van der Waals surface area contributed by atoms with Gasteiger partial charge in [-0.15, -0.1) is 0 Å². The number of nitrogens with zero attached hydrogens (tertiary/aromatic N) is 1. The minimum absolute atomic E-state index is 0.0987. The topological polar surface area (TPSA) is 38.9 Å². The fraction of sp³-hybridized carbons (Fsp3) is 0.214. The number of halogens is 2. The van der Waals surface area contributed by atoms with Gasteiger partial charge in [-0.3, -0.25) is 4.98 Å². The average molecular weight is 248 g/mol. The molecule has 0 spiro atoms. The Morgan fingerprint density at radius 2 is 1.89 bits per heavy atom. The molecule has 0 aliphatic heterocycles. The van der Waals surface area contributed by atoms with Crippen LogP contribution in [0.4, 0.5) is 8.78 Å². The predicted molar refractivity (Wildman–Crippen MR) is 66.0 cm³/mol. The molecule has 0 saturated carbocycles. The number of pyridine rings is 1. The Balaban J connectivity index is 2.51. The third kappa shape index (κ3) is 2.24. The van der Waals surface area contributed by atoms with Gasteiger partial charge in [-0.05, 0) is 35.7 Å². The van der Waals surface area contributed by atoms with Crippen molar-refractivity contribution in [2.24, 2.45) is 5.73 Å². The minimum atomic E-state index is -0.816. The monoisotopic (exact) mass is 248 g/mol. The van der Waals surface area contributed by atoms with Gasteiger partial charge in [-0.2, -0.15) is 0 Å². The Kier molecular flexibility index (Phi) is 3.67. The van der Waals surface area contributed by atoms with E-state index in [4.69, 9.17) is 5.73 Å². The summed E-state index contributed by atoms with van der Waals surface area (Å²) in [5.74, 6) is -1.25. The van der Waals surface area contributed by atoms with Gasteiger partial charge in [0.25, 0.3) is 0 Å². The second-order valence-electron chi connectivity index (χ2n) is 4.04. The maximum atomic E-state index is 13.7. The van der Waals surface area contributed by atoms with E-state index >= 15 is 0 Å². The van der Waals surface area contributed by atoms with E-state index in [1.165, 1.54) is 18.2 Å². The first-order valence-electron chi connectivity index (χ1n) is 5.77. The third-order valence-corrected chi connectivity index (χ3v) is 2.97. The number of nitrogens with two attached hydrogens (primary N) is 1. The fourth-order valence-electron chi connectivity index (χ4n) is 2.00. The molecule has 0 aliphatic rings. The summed E-state index contributed by atoms with van der Waals surface area (Å²) in [5, 5.41) is 0. The summed E-state index contributed by atoms with van der Waals surface area (Å²) in [6.45, 7) is 1.95. The van der Waals surface area contributed by atoms with E-state index in [0.717, 1.165) is 5.56 Å². The molecule has 1 aromatic carbocycles. The molecule has 0 bridgehead atoms. The SMILES string of the molecule is CCc1cnccc1C(N)c1c(F)cccc1F. The summed E-state index contributed by atoms with van der Waals surface area (Å²) in [6, 6.07) is 4.64. The van der Waals surface area contributed by atoms with Crippen molar-refractivity contribution in [3.63, 3.8) is 0 Å². The smallest absolute Gasteiger partial charge is 0.131 e. The molecule has 2 N–H and O–H groups in total. The first-order chi connectivity index (χ1) is 8.65. The van der Waals surface area contributed by atoms with Gasteiger partial charge in [0, 0.05) is 18.0 Å². The van der Waals surface area contributed by atoms with Gasteiger partial charge < -0.3 is 5.73 Å². The Morgan fingerprint density at radius 3 is 2.50 bits per heavy atom. The zero-order valence-electron chi connectivity index (χ0n) is 10.0. The molecule has 94 valence electrons. The zero-order valence-corrected chi connectivity index (χ0v) is 10.0. The minimum Gasteiger partial charge on any atom is -0.320 e. The van der Waals surface area contributed by atoms with E-state index in [-0.39, 0.29) is 5.56 Å². The molecule has 0 amide bonds. The van der Waals surface area contributed by atoms with Gasteiger partial charge >= 0.3 is 0 Å². The molecule has 18 heavy (non-hydrogen) atoms. The fourth-order valence-corrected chi connectivity index (χ4v) is 2.00. The second-order valence-corrected chi connectivity index (χ2v) is 4.04. The van der Waals surface area contributed by atoms with Crippen LogP contribution in [-0.4, -0.2) is 4.98 Å². The van der Waals surface area contributed by atoms with Crippen molar-refractivity contribution < 1.29 is 8.78 Å². The van der Waals surface area contributed by atoms with E-state index in [1.54, 1.807) is 18.5 Å². The molecule has 0 radical (unpaired) electrons. The second kappa shape index (κ2) is 5.23. The Hall–Kier alpha value is -1.81. The van der Waals surface area contributed by atoms with Crippen LogP contribution in [0.15, 0.2) is 36.7 Å². The van der Waals surface area contributed by atoms with Gasteiger partial charge in [-0.1, -0.05) is 13.0 Å². The summed E-state index contributed by atoms with van der Waals surface area (Å²) < 4.78 is 27.4. The van der Waals surface area contributed by atoms with Gasteiger partial charge in [0.1, 0.15) is 11.6 Å². The number of hydrogen-bond acceptors (Lipinski definition) is 2. The van der Waals surface area contributed by atoms with Crippen LogP contribution in [0.5, 0.6) is 0 Å². The molecule has 0 aliphatic carbocycles. The third-order valence-electron chi connectivity index (χ3n) is 2.97. The molecule has 2 nitrogen and oxygen atoms in total. The normalized spacial score (nSPS) is 12.4. The highest BCUT2D eigenvalue weighted by Gasteiger charge is 2.19. The molecule has 1 atom stereocenters. The predicted octanol–water partition coefficient (Wildman–Crippen LogP) is 2.97.